The van der Waals surface area contributed by atoms with Crippen molar-refractivity contribution in [2.24, 2.45) is 0 Å². The zero-order chi connectivity index (χ0) is 20.2. The van der Waals surface area contributed by atoms with E-state index >= 15 is 0 Å². The van der Waals surface area contributed by atoms with E-state index in [1.807, 2.05) is 43.3 Å². The Morgan fingerprint density at radius 1 is 0.897 bits per heavy atom. The first kappa shape index (κ1) is 18.7. The summed E-state index contributed by atoms with van der Waals surface area (Å²) >= 11 is 0. The summed E-state index contributed by atoms with van der Waals surface area (Å²) < 4.78 is 29.8. The van der Waals surface area contributed by atoms with Gasteiger partial charge in [-0.2, -0.15) is 4.98 Å². The predicted octanol–water partition coefficient (Wildman–Crippen LogP) is 5.44. The maximum absolute atomic E-state index is 13.1. The maximum Gasteiger partial charge on any atom is 0.258 e. The van der Waals surface area contributed by atoms with Gasteiger partial charge in [-0.3, -0.25) is 0 Å². The van der Waals surface area contributed by atoms with Gasteiger partial charge in [-0.25, -0.2) is 4.39 Å². The molecule has 0 aliphatic heterocycles. The molecular formula is C23H19FN2O3. The molecule has 0 aliphatic carbocycles. The smallest absolute Gasteiger partial charge is 0.258 e. The zero-order valence-electron chi connectivity index (χ0n) is 16.1. The molecule has 0 saturated carbocycles. The number of hydrogen-bond acceptors (Lipinski definition) is 5. The predicted molar refractivity (Wildman–Crippen MR) is 107 cm³/mol. The van der Waals surface area contributed by atoms with Gasteiger partial charge in [0.2, 0.25) is 5.82 Å². The summed E-state index contributed by atoms with van der Waals surface area (Å²) in [4.78, 5) is 4.39. The lowest BCUT2D eigenvalue weighted by molar-refractivity contribution is 0.284. The van der Waals surface area contributed by atoms with Crippen LogP contribution in [0.2, 0.25) is 0 Å². The van der Waals surface area contributed by atoms with Crippen LogP contribution in [0.3, 0.4) is 0 Å². The van der Waals surface area contributed by atoms with Gasteiger partial charge in [0, 0.05) is 11.1 Å². The average Bonchev–Trinajstić information content (AvgIpc) is 3.24. The third-order valence-electron chi connectivity index (χ3n) is 4.45. The number of aromatic nitrogens is 2. The Balaban J connectivity index is 1.53. The van der Waals surface area contributed by atoms with E-state index in [-0.39, 0.29) is 5.82 Å². The van der Waals surface area contributed by atoms with Crippen LogP contribution in [0.25, 0.3) is 22.8 Å². The van der Waals surface area contributed by atoms with E-state index in [9.17, 15) is 4.39 Å². The zero-order valence-corrected chi connectivity index (χ0v) is 16.1. The summed E-state index contributed by atoms with van der Waals surface area (Å²) in [7, 11) is 1.58. The molecule has 0 saturated heterocycles. The number of ether oxygens (including phenoxy) is 2. The van der Waals surface area contributed by atoms with Gasteiger partial charge in [-0.1, -0.05) is 35.0 Å². The van der Waals surface area contributed by atoms with Crippen molar-refractivity contribution in [3.05, 3.63) is 83.7 Å². The van der Waals surface area contributed by atoms with Gasteiger partial charge in [0.1, 0.15) is 12.4 Å². The van der Waals surface area contributed by atoms with Crippen molar-refractivity contribution in [2.45, 2.75) is 13.5 Å². The summed E-state index contributed by atoms with van der Waals surface area (Å²) in [6.45, 7) is 2.48. The van der Waals surface area contributed by atoms with E-state index in [1.54, 1.807) is 25.3 Å². The molecule has 0 unspecified atom stereocenters. The van der Waals surface area contributed by atoms with Crippen LogP contribution in [-0.4, -0.2) is 17.3 Å². The van der Waals surface area contributed by atoms with Gasteiger partial charge in [0.25, 0.3) is 5.89 Å². The number of methoxy groups -OCH3 is 1. The minimum absolute atomic E-state index is 0.318. The lowest BCUT2D eigenvalue weighted by Gasteiger charge is -2.11. The highest BCUT2D eigenvalue weighted by molar-refractivity contribution is 5.63. The molecule has 4 aromatic rings. The lowest BCUT2D eigenvalue weighted by Crippen LogP contribution is -1.98. The topological polar surface area (TPSA) is 57.4 Å². The molecule has 0 fully saturated rings. The van der Waals surface area contributed by atoms with Crippen molar-refractivity contribution < 1.29 is 18.4 Å². The highest BCUT2D eigenvalue weighted by Crippen LogP contribution is 2.33. The van der Waals surface area contributed by atoms with Crippen molar-refractivity contribution in [3.8, 4) is 34.3 Å². The Morgan fingerprint density at radius 2 is 1.62 bits per heavy atom. The van der Waals surface area contributed by atoms with E-state index in [1.165, 1.54) is 17.7 Å². The van der Waals surface area contributed by atoms with E-state index in [0.717, 1.165) is 11.1 Å². The SMILES string of the molecule is COc1cc(-c2noc(-c3ccc(F)cc3)n2)ccc1OCc1ccc(C)cc1. The molecule has 0 spiro atoms. The second-order valence-electron chi connectivity index (χ2n) is 6.57. The summed E-state index contributed by atoms with van der Waals surface area (Å²) in [5.41, 5.74) is 3.65. The second kappa shape index (κ2) is 8.14. The first-order valence-corrected chi connectivity index (χ1v) is 9.09. The maximum atomic E-state index is 13.1. The van der Waals surface area contributed by atoms with E-state index in [2.05, 4.69) is 10.1 Å². The molecule has 0 radical (unpaired) electrons. The Bertz CT molecular complexity index is 1110. The van der Waals surface area contributed by atoms with Gasteiger partial charge in [-0.05, 0) is 55.0 Å². The highest BCUT2D eigenvalue weighted by atomic mass is 19.1. The monoisotopic (exact) mass is 390 g/mol. The van der Waals surface area contributed by atoms with Crippen LogP contribution in [0, 0.1) is 12.7 Å². The molecule has 0 bridgehead atoms. The van der Waals surface area contributed by atoms with Crippen molar-refractivity contribution in [1.82, 2.24) is 10.1 Å². The molecule has 3 aromatic carbocycles. The first-order valence-electron chi connectivity index (χ1n) is 9.09. The number of aryl methyl sites for hydroxylation is 1. The van der Waals surface area contributed by atoms with Crippen LogP contribution in [0.15, 0.2) is 71.3 Å². The van der Waals surface area contributed by atoms with Crippen LogP contribution in [0.5, 0.6) is 11.5 Å². The summed E-state index contributed by atoms with van der Waals surface area (Å²) in [6, 6.07) is 19.5. The molecule has 0 amide bonds. The minimum Gasteiger partial charge on any atom is -0.493 e. The molecule has 0 N–H and O–H groups in total. The third kappa shape index (κ3) is 4.27. The molecule has 6 heteroatoms. The Hall–Kier alpha value is -3.67. The van der Waals surface area contributed by atoms with Gasteiger partial charge in [0.15, 0.2) is 11.5 Å². The van der Waals surface area contributed by atoms with E-state index in [4.69, 9.17) is 14.0 Å². The van der Waals surface area contributed by atoms with E-state index in [0.29, 0.717) is 35.4 Å². The van der Waals surface area contributed by atoms with Crippen molar-refractivity contribution >= 4 is 0 Å². The number of hydrogen-bond donors (Lipinski definition) is 0. The summed E-state index contributed by atoms with van der Waals surface area (Å²) in [5, 5.41) is 4.02. The Morgan fingerprint density at radius 3 is 2.34 bits per heavy atom. The fourth-order valence-corrected chi connectivity index (χ4v) is 2.82. The van der Waals surface area contributed by atoms with Crippen molar-refractivity contribution in [3.63, 3.8) is 0 Å². The molecular weight excluding hydrogens is 371 g/mol. The molecule has 5 nitrogen and oxygen atoms in total. The first-order chi connectivity index (χ1) is 14.1. The van der Waals surface area contributed by atoms with Crippen LogP contribution in [0.1, 0.15) is 11.1 Å². The molecule has 0 atom stereocenters. The minimum atomic E-state index is -0.320. The summed E-state index contributed by atoms with van der Waals surface area (Å²) in [6.07, 6.45) is 0. The van der Waals surface area contributed by atoms with Gasteiger partial charge >= 0.3 is 0 Å². The fourth-order valence-electron chi connectivity index (χ4n) is 2.82. The van der Waals surface area contributed by atoms with E-state index < -0.39 is 0 Å². The Kier molecular flexibility index (Phi) is 5.24. The molecule has 1 heterocycles. The van der Waals surface area contributed by atoms with Gasteiger partial charge in [-0.15, -0.1) is 0 Å². The van der Waals surface area contributed by atoms with Gasteiger partial charge in [0.05, 0.1) is 7.11 Å². The standard InChI is InChI=1S/C23H19FN2O3/c1-15-3-5-16(6-4-15)14-28-20-12-9-18(13-21(20)27-2)22-25-23(29-26-22)17-7-10-19(24)11-8-17/h3-13H,14H2,1-2H3. The van der Waals surface area contributed by atoms with Crippen molar-refractivity contribution in [1.29, 1.82) is 0 Å². The molecule has 4 rings (SSSR count). The molecule has 1 aromatic heterocycles. The molecule has 0 aliphatic rings. The van der Waals surface area contributed by atoms with Crippen LogP contribution in [-0.2, 0) is 6.61 Å². The highest BCUT2D eigenvalue weighted by Gasteiger charge is 2.14. The molecule has 146 valence electrons. The average molecular weight is 390 g/mol. The van der Waals surface area contributed by atoms with Crippen LogP contribution >= 0.6 is 0 Å². The largest absolute Gasteiger partial charge is 0.493 e. The third-order valence-corrected chi connectivity index (χ3v) is 4.45. The lowest BCUT2D eigenvalue weighted by atomic mass is 10.1. The number of halogens is 1. The fraction of sp³-hybridized carbons (Fsp3) is 0.130. The van der Waals surface area contributed by atoms with Crippen LogP contribution in [0.4, 0.5) is 4.39 Å². The molecule has 29 heavy (non-hydrogen) atoms. The second-order valence-corrected chi connectivity index (χ2v) is 6.57. The Labute approximate surface area is 167 Å². The number of nitrogens with zero attached hydrogens (tertiary/aromatic N) is 2. The quantitative estimate of drug-likeness (QED) is 0.439. The number of benzene rings is 3. The van der Waals surface area contributed by atoms with Crippen LogP contribution < -0.4 is 9.47 Å². The normalized spacial score (nSPS) is 10.7. The number of rotatable bonds is 6. The van der Waals surface area contributed by atoms with Gasteiger partial charge < -0.3 is 14.0 Å². The van der Waals surface area contributed by atoms with Crippen molar-refractivity contribution in [2.75, 3.05) is 7.11 Å². The summed E-state index contributed by atoms with van der Waals surface area (Å²) in [5.74, 6) is 1.60.